The molecule has 1 atom stereocenters. The van der Waals surface area contributed by atoms with Crippen molar-refractivity contribution in [3.05, 3.63) is 0 Å². The summed E-state index contributed by atoms with van der Waals surface area (Å²) >= 11 is 0. The summed E-state index contributed by atoms with van der Waals surface area (Å²) < 4.78 is 0. The number of rotatable bonds is 0. The largest absolute Gasteiger partial charge is 0.301 e. The van der Waals surface area contributed by atoms with Crippen LogP contribution in [0.5, 0.6) is 0 Å². The average Bonchev–Trinajstić information content (AvgIpc) is 1.84. The van der Waals surface area contributed by atoms with Gasteiger partial charge in [-0.05, 0) is 12.1 Å². The van der Waals surface area contributed by atoms with E-state index in [1.807, 2.05) is 0 Å². The fourth-order valence-electron chi connectivity index (χ4n) is 0.291. The van der Waals surface area contributed by atoms with E-state index < -0.39 is 5.66 Å². The zero-order valence-corrected chi connectivity index (χ0v) is 4.00. The Hall–Kier alpha value is -0.770. The molecule has 1 aliphatic heterocycles. The summed E-state index contributed by atoms with van der Waals surface area (Å²) in [6.45, 7) is 1.73. The Balaban J connectivity index is 2.77. The molecule has 1 heterocycles. The van der Waals surface area contributed by atoms with Gasteiger partial charge in [-0.2, -0.15) is 0 Å². The summed E-state index contributed by atoms with van der Waals surface area (Å²) in [5.41, 5.74) is 4.73. The molecule has 0 aromatic heterocycles. The minimum atomic E-state index is -0.639. The molecule has 7 heavy (non-hydrogen) atoms. The summed E-state index contributed by atoms with van der Waals surface area (Å²) in [7, 11) is 0. The Morgan fingerprint density at radius 3 is 2.57 bits per heavy atom. The van der Waals surface area contributed by atoms with Crippen molar-refractivity contribution < 1.29 is 0 Å². The van der Waals surface area contributed by atoms with Crippen molar-refractivity contribution >= 4 is 6.21 Å². The smallest absolute Gasteiger partial charge is 0.166 e. The summed E-state index contributed by atoms with van der Waals surface area (Å²) in [5.74, 6) is 0. The molecule has 0 spiro atoms. The highest BCUT2D eigenvalue weighted by Gasteiger charge is 2.16. The van der Waals surface area contributed by atoms with Gasteiger partial charge in [-0.15, -0.1) is 10.2 Å². The Labute approximate surface area is 41.1 Å². The third-order valence-electron chi connectivity index (χ3n) is 0.631. The predicted molar refractivity (Wildman–Crippen MR) is 25.9 cm³/mol. The van der Waals surface area contributed by atoms with E-state index in [2.05, 4.69) is 15.4 Å². The van der Waals surface area contributed by atoms with Crippen LogP contribution < -0.4 is 5.73 Å². The van der Waals surface area contributed by atoms with Crippen molar-refractivity contribution in [2.75, 3.05) is 0 Å². The van der Waals surface area contributed by atoms with Gasteiger partial charge in [0.15, 0.2) is 5.66 Å². The lowest BCUT2D eigenvalue weighted by molar-refractivity contribution is 0.657. The molecule has 1 unspecified atom stereocenters. The maximum Gasteiger partial charge on any atom is 0.166 e. The van der Waals surface area contributed by atoms with Gasteiger partial charge in [-0.1, -0.05) is 0 Å². The van der Waals surface area contributed by atoms with E-state index >= 15 is 0 Å². The van der Waals surface area contributed by atoms with Gasteiger partial charge in [0.2, 0.25) is 0 Å². The van der Waals surface area contributed by atoms with Crippen molar-refractivity contribution in [3.8, 4) is 0 Å². The molecule has 0 aromatic carbocycles. The molecule has 2 N–H and O–H groups in total. The molecule has 0 radical (unpaired) electrons. The molecule has 0 aliphatic carbocycles. The van der Waals surface area contributed by atoms with E-state index in [0.29, 0.717) is 0 Å². The first kappa shape index (κ1) is 4.39. The lowest BCUT2D eigenvalue weighted by Gasteiger charge is -2.02. The Morgan fingerprint density at radius 1 is 1.71 bits per heavy atom. The minimum Gasteiger partial charge on any atom is -0.301 e. The van der Waals surface area contributed by atoms with Gasteiger partial charge in [-0.3, -0.25) is 0 Å². The Morgan fingerprint density at radius 2 is 2.43 bits per heavy atom. The number of nitrogens with zero attached hydrogens (tertiary/aromatic N) is 3. The molecule has 0 bridgehead atoms. The molecule has 0 saturated heterocycles. The first-order valence-electron chi connectivity index (χ1n) is 1.96. The maximum absolute atomic E-state index is 5.37. The number of nitrogens with two attached hydrogens (primary N) is 1. The highest BCUT2D eigenvalue weighted by Crippen LogP contribution is 2.03. The fourth-order valence-corrected chi connectivity index (χ4v) is 0.291. The monoisotopic (exact) mass is 98.1 g/mol. The topological polar surface area (TPSA) is 63.1 Å². The highest BCUT2D eigenvalue weighted by atomic mass is 15.4. The standard InChI is InChI=1S/C3H6N4/c1-3(4)2-5-7-6-3/h2H,4H2,1H3. The van der Waals surface area contributed by atoms with Crippen LogP contribution in [0.2, 0.25) is 0 Å². The van der Waals surface area contributed by atoms with Crippen LogP contribution in [0.15, 0.2) is 15.4 Å². The summed E-state index contributed by atoms with van der Waals surface area (Å²) in [6, 6.07) is 0. The van der Waals surface area contributed by atoms with E-state index in [4.69, 9.17) is 5.73 Å². The zero-order chi connectivity index (χ0) is 5.33. The van der Waals surface area contributed by atoms with Crippen molar-refractivity contribution in [1.82, 2.24) is 0 Å². The highest BCUT2D eigenvalue weighted by molar-refractivity contribution is 5.69. The summed E-state index contributed by atoms with van der Waals surface area (Å²) in [4.78, 5) is 0. The Kier molecular flexibility index (Phi) is 0.689. The first-order valence-corrected chi connectivity index (χ1v) is 1.96. The quantitative estimate of drug-likeness (QED) is 0.459. The van der Waals surface area contributed by atoms with Gasteiger partial charge in [0.25, 0.3) is 0 Å². The van der Waals surface area contributed by atoms with Crippen molar-refractivity contribution in [3.63, 3.8) is 0 Å². The maximum atomic E-state index is 5.37. The summed E-state index contributed by atoms with van der Waals surface area (Å²) in [6.07, 6.45) is 1.49. The van der Waals surface area contributed by atoms with E-state index in [1.54, 1.807) is 6.92 Å². The first-order chi connectivity index (χ1) is 3.21. The molecule has 4 nitrogen and oxygen atoms in total. The number of hydrogen-bond donors (Lipinski definition) is 1. The third kappa shape index (κ3) is 0.806. The van der Waals surface area contributed by atoms with Crippen LogP contribution >= 0.6 is 0 Å². The van der Waals surface area contributed by atoms with Crippen LogP contribution in [0.4, 0.5) is 0 Å². The molecular formula is C3H6N4. The van der Waals surface area contributed by atoms with Gasteiger partial charge in [0, 0.05) is 0 Å². The molecular weight excluding hydrogens is 92.1 g/mol. The molecule has 0 saturated carbocycles. The third-order valence-corrected chi connectivity index (χ3v) is 0.631. The van der Waals surface area contributed by atoms with Crippen molar-refractivity contribution in [2.45, 2.75) is 12.6 Å². The molecule has 0 aromatic rings. The van der Waals surface area contributed by atoms with E-state index in [1.165, 1.54) is 6.21 Å². The SMILES string of the molecule is CC1(N)C=NN=N1. The van der Waals surface area contributed by atoms with Crippen LogP contribution in [0, 0.1) is 0 Å². The second-order valence-electron chi connectivity index (χ2n) is 1.66. The molecule has 1 rings (SSSR count). The van der Waals surface area contributed by atoms with Crippen LogP contribution in [-0.2, 0) is 0 Å². The van der Waals surface area contributed by atoms with Gasteiger partial charge < -0.3 is 5.73 Å². The van der Waals surface area contributed by atoms with Gasteiger partial charge in [0.05, 0.1) is 6.21 Å². The van der Waals surface area contributed by atoms with Gasteiger partial charge in [-0.25, -0.2) is 0 Å². The van der Waals surface area contributed by atoms with Crippen LogP contribution in [-0.4, -0.2) is 11.9 Å². The lowest BCUT2D eigenvalue weighted by atomic mass is 10.3. The second-order valence-corrected chi connectivity index (χ2v) is 1.66. The van der Waals surface area contributed by atoms with Crippen LogP contribution in [0.3, 0.4) is 0 Å². The van der Waals surface area contributed by atoms with Crippen LogP contribution in [0.25, 0.3) is 0 Å². The van der Waals surface area contributed by atoms with Crippen LogP contribution in [0.1, 0.15) is 6.92 Å². The second kappa shape index (κ2) is 1.10. The molecule has 4 heteroatoms. The van der Waals surface area contributed by atoms with Gasteiger partial charge >= 0.3 is 0 Å². The Bertz CT molecular complexity index is 109. The fraction of sp³-hybridized carbons (Fsp3) is 0.667. The van der Waals surface area contributed by atoms with E-state index in [9.17, 15) is 0 Å². The average molecular weight is 98.1 g/mol. The molecule has 0 fully saturated rings. The summed E-state index contributed by atoms with van der Waals surface area (Å²) in [5, 5.41) is 10.3. The number of hydrogen-bond acceptors (Lipinski definition) is 4. The predicted octanol–water partition coefficient (Wildman–Crippen LogP) is 0.113. The lowest BCUT2D eigenvalue weighted by Crippen LogP contribution is -2.32. The van der Waals surface area contributed by atoms with Gasteiger partial charge in [0.1, 0.15) is 0 Å². The van der Waals surface area contributed by atoms with E-state index in [-0.39, 0.29) is 0 Å². The van der Waals surface area contributed by atoms with E-state index in [0.717, 1.165) is 0 Å². The normalized spacial score (nSPS) is 37.4. The zero-order valence-electron chi connectivity index (χ0n) is 4.00. The van der Waals surface area contributed by atoms with Crippen molar-refractivity contribution in [2.24, 2.45) is 21.2 Å². The minimum absolute atomic E-state index is 0.639. The van der Waals surface area contributed by atoms with Crippen molar-refractivity contribution in [1.29, 1.82) is 0 Å². The molecule has 0 amide bonds. The molecule has 38 valence electrons. The molecule has 1 aliphatic rings.